The third-order valence-electron chi connectivity index (χ3n) is 0. The minimum atomic E-state index is -0.250. The van der Waals surface area contributed by atoms with Gasteiger partial charge in [0, 0.05) is 7.11 Å². The molecule has 0 aliphatic rings. The van der Waals surface area contributed by atoms with Crippen molar-refractivity contribution in [1.29, 1.82) is 0 Å². The van der Waals surface area contributed by atoms with E-state index in [1.54, 1.807) is 0 Å². The monoisotopic (exact) mass is 102 g/mol. The van der Waals surface area contributed by atoms with Crippen LogP contribution in [0, 0.1) is 0 Å². The first-order valence-corrected chi connectivity index (χ1v) is 0.941. The van der Waals surface area contributed by atoms with Crippen LogP contribution in [0.4, 0.5) is 0 Å². The van der Waals surface area contributed by atoms with E-state index in [-0.39, 0.29) is 37.5 Å². The van der Waals surface area contributed by atoms with Gasteiger partial charge in [-0.2, -0.15) is 0 Å². The van der Waals surface area contributed by atoms with Gasteiger partial charge in [0.25, 0.3) is 6.47 Å². The molecule has 0 unspecified atom stereocenters. The van der Waals surface area contributed by atoms with Crippen LogP contribution < -0.4 is 29.6 Å². The van der Waals surface area contributed by atoms with Gasteiger partial charge >= 0.3 is 29.6 Å². The normalized spacial score (nSPS) is 3.00. The van der Waals surface area contributed by atoms with Gasteiger partial charge in [0.2, 0.25) is 0 Å². The Morgan fingerprint density at radius 2 is 1.67 bits per heavy atom. The Labute approximate surface area is 59.8 Å². The third-order valence-corrected chi connectivity index (χ3v) is 0. The second-order valence-electron chi connectivity index (χ2n) is 0.105. The summed E-state index contributed by atoms with van der Waals surface area (Å²) >= 11 is 0. The first-order chi connectivity index (χ1) is 2.41. The maximum atomic E-state index is 8.36. The van der Waals surface area contributed by atoms with Crippen molar-refractivity contribution in [1.82, 2.24) is 0 Å². The van der Waals surface area contributed by atoms with Crippen molar-refractivity contribution in [2.24, 2.45) is 0 Å². The maximum absolute atomic E-state index is 8.36. The molecule has 0 aromatic rings. The Kier molecular flexibility index (Phi) is 140. The molecule has 0 spiro atoms. The summed E-state index contributed by atoms with van der Waals surface area (Å²) in [7, 11) is 1.00. The Bertz CT molecular complexity index is 20.4. The molecule has 0 radical (unpaired) electrons. The Morgan fingerprint density at radius 3 is 1.67 bits per heavy atom. The number of aliphatic hydroxyl groups excluding tert-OH is 1. The van der Waals surface area contributed by atoms with Crippen LogP contribution in [0.2, 0.25) is 0 Å². The van der Waals surface area contributed by atoms with Crippen molar-refractivity contribution in [3.05, 3.63) is 0 Å². The average molecular weight is 102 g/mol. The zero-order valence-electron chi connectivity index (χ0n) is 4.88. The van der Waals surface area contributed by atoms with Gasteiger partial charge in [-0.05, 0) is 0 Å². The second-order valence-corrected chi connectivity index (χ2v) is 0.105. The molecule has 0 saturated carbocycles. The van der Waals surface area contributed by atoms with Gasteiger partial charge in [0.1, 0.15) is 0 Å². The van der Waals surface area contributed by atoms with Crippen molar-refractivity contribution in [3.63, 3.8) is 0 Å². The van der Waals surface area contributed by atoms with E-state index in [0.29, 0.717) is 0 Å². The number of rotatable bonds is 0. The summed E-state index contributed by atoms with van der Waals surface area (Å²) < 4.78 is 0. The Hall–Kier alpha value is 0.430. The first kappa shape index (κ1) is 16.1. The number of carboxylic acid groups (broad SMARTS) is 1. The Morgan fingerprint density at radius 1 is 1.67 bits per heavy atom. The molecule has 0 saturated heterocycles. The topological polar surface area (TPSA) is 57.5 Å². The molecule has 0 heterocycles. The molecule has 0 bridgehead atoms. The zero-order valence-corrected chi connectivity index (χ0v) is 5.88. The number of hydrogen-bond donors (Lipinski definition) is 2. The molecule has 0 aromatic carbocycles. The maximum Gasteiger partial charge on any atom is 1.00 e. The van der Waals surface area contributed by atoms with Gasteiger partial charge in [-0.3, -0.25) is 4.79 Å². The van der Waals surface area contributed by atoms with Crippen LogP contribution in [0.3, 0.4) is 0 Å². The van der Waals surface area contributed by atoms with Crippen LogP contribution in [0.5, 0.6) is 0 Å². The van der Waals surface area contributed by atoms with E-state index in [1.807, 2.05) is 0 Å². The van der Waals surface area contributed by atoms with Crippen LogP contribution >= 0.6 is 0 Å². The summed E-state index contributed by atoms with van der Waals surface area (Å²) in [5, 5.41) is 13.9. The number of hydrogen-bond acceptors (Lipinski definition) is 2. The summed E-state index contributed by atoms with van der Waals surface area (Å²) in [5.41, 5.74) is 0. The van der Waals surface area contributed by atoms with E-state index >= 15 is 0 Å². The largest absolute Gasteiger partial charge is 1.00 e. The van der Waals surface area contributed by atoms with Gasteiger partial charge in [-0.1, -0.05) is 0 Å². The summed E-state index contributed by atoms with van der Waals surface area (Å²) in [6.45, 7) is -0.250. The smallest absolute Gasteiger partial charge is 1.00 e. The molecule has 3 nitrogen and oxygen atoms in total. The summed E-state index contributed by atoms with van der Waals surface area (Å²) in [6.07, 6.45) is 0. The predicted molar refractivity (Wildman–Crippen MR) is 17.9 cm³/mol. The molecule has 0 rings (SSSR count). The van der Waals surface area contributed by atoms with Crippen molar-refractivity contribution < 1.29 is 46.0 Å². The van der Waals surface area contributed by atoms with Crippen molar-refractivity contribution in [2.45, 2.75) is 0 Å². The molecule has 2 N–H and O–H groups in total. The minimum Gasteiger partial charge on any atom is -1.00 e. The van der Waals surface area contributed by atoms with Gasteiger partial charge in [-0.25, -0.2) is 0 Å². The van der Waals surface area contributed by atoms with Crippen LogP contribution in [0.25, 0.3) is 0 Å². The molecular weight excluding hydrogens is 95.0 g/mol. The standard InChI is InChI=1S/CH2O2.CH4O.Na.H/c2-1-3;1-2;;/h1H,(H,2,3);2H,1H3;;/q;;+1;-1. The fourth-order valence-electron chi connectivity index (χ4n) is 0. The van der Waals surface area contributed by atoms with E-state index < -0.39 is 0 Å². The van der Waals surface area contributed by atoms with Crippen molar-refractivity contribution in [3.8, 4) is 0 Å². The molecule has 0 amide bonds. The molecule has 34 valence electrons. The molecule has 4 heteroatoms. The van der Waals surface area contributed by atoms with Gasteiger partial charge in [0.15, 0.2) is 0 Å². The molecule has 0 aromatic heterocycles. The van der Waals surface area contributed by atoms with E-state index in [2.05, 4.69) is 0 Å². The van der Waals surface area contributed by atoms with Gasteiger partial charge < -0.3 is 11.6 Å². The van der Waals surface area contributed by atoms with E-state index in [4.69, 9.17) is 15.0 Å². The van der Waals surface area contributed by atoms with Gasteiger partial charge in [0.05, 0.1) is 0 Å². The fraction of sp³-hybridized carbons (Fsp3) is 0.500. The number of aliphatic hydroxyl groups is 1. The second kappa shape index (κ2) is 52.1. The van der Waals surface area contributed by atoms with Gasteiger partial charge in [-0.15, -0.1) is 0 Å². The molecule has 0 atom stereocenters. The van der Waals surface area contributed by atoms with Crippen LogP contribution in [0.1, 0.15) is 1.43 Å². The van der Waals surface area contributed by atoms with Crippen LogP contribution in [-0.2, 0) is 4.79 Å². The van der Waals surface area contributed by atoms with E-state index in [9.17, 15) is 0 Å². The zero-order chi connectivity index (χ0) is 4.71. The SMILES string of the molecule is CO.O=CO.[H-].[Na+]. The fourth-order valence-corrected chi connectivity index (χ4v) is 0. The van der Waals surface area contributed by atoms with Crippen LogP contribution in [0.15, 0.2) is 0 Å². The predicted octanol–water partition coefficient (Wildman–Crippen LogP) is -3.57. The number of carbonyl (C=O) groups is 1. The molecule has 6 heavy (non-hydrogen) atoms. The third kappa shape index (κ3) is 282. The Balaban J connectivity index is -0.0000000105. The summed E-state index contributed by atoms with van der Waals surface area (Å²) in [4.78, 5) is 8.36. The molecular formula is C2H7NaO3. The molecule has 0 fully saturated rings. The van der Waals surface area contributed by atoms with Crippen molar-refractivity contribution in [2.75, 3.05) is 7.11 Å². The van der Waals surface area contributed by atoms with Crippen molar-refractivity contribution >= 4 is 6.47 Å². The molecule has 0 aliphatic heterocycles. The average Bonchev–Trinajstić information content (AvgIpc) is 1.46. The van der Waals surface area contributed by atoms with Crippen LogP contribution in [-0.4, -0.2) is 23.8 Å². The quantitative estimate of drug-likeness (QED) is 0.246. The minimum absolute atomic E-state index is 0. The van der Waals surface area contributed by atoms with E-state index in [1.165, 1.54) is 0 Å². The summed E-state index contributed by atoms with van der Waals surface area (Å²) in [6, 6.07) is 0. The van der Waals surface area contributed by atoms with E-state index in [0.717, 1.165) is 7.11 Å². The summed E-state index contributed by atoms with van der Waals surface area (Å²) in [5.74, 6) is 0. The molecule has 0 aliphatic carbocycles. The first-order valence-electron chi connectivity index (χ1n) is 0.941.